The number of carbonyl (C=O) groups is 1. The van der Waals surface area contributed by atoms with Gasteiger partial charge in [0.1, 0.15) is 5.54 Å². The van der Waals surface area contributed by atoms with Crippen molar-refractivity contribution >= 4 is 6.09 Å². The van der Waals surface area contributed by atoms with Crippen LogP contribution in [0.1, 0.15) is 41.0 Å². The molecule has 0 saturated heterocycles. The topological polar surface area (TPSA) is 67.0 Å². The summed E-state index contributed by atoms with van der Waals surface area (Å²) >= 11 is 0. The molecule has 0 saturated carbocycles. The predicted molar refractivity (Wildman–Crippen MR) is 66.1 cm³/mol. The lowest BCUT2D eigenvalue weighted by molar-refractivity contribution is -0.771. The summed E-state index contributed by atoms with van der Waals surface area (Å²) in [6.07, 6.45) is 2.56. The van der Waals surface area contributed by atoms with E-state index in [0.717, 1.165) is 12.1 Å². The van der Waals surface area contributed by atoms with E-state index < -0.39 is 6.09 Å². The molecule has 0 unspecified atom stereocenters. The molecule has 1 heterocycles. The SMILES string of the molecule is CCOC(=O)NNC1=CC(C)(C)[NH2+]C(C)(C)C1. The second-order valence-electron chi connectivity index (χ2n) is 5.77. The number of amides is 1. The summed E-state index contributed by atoms with van der Waals surface area (Å²) in [6, 6.07) is 0. The summed E-state index contributed by atoms with van der Waals surface area (Å²) < 4.78 is 4.79. The average Bonchev–Trinajstić information content (AvgIpc) is 2.10. The smallest absolute Gasteiger partial charge is 0.425 e. The Balaban J connectivity index is 2.58. The number of rotatable bonds is 3. The third-order valence-electron chi connectivity index (χ3n) is 2.56. The van der Waals surface area contributed by atoms with Crippen LogP contribution in [0.2, 0.25) is 0 Å². The van der Waals surface area contributed by atoms with Gasteiger partial charge in [0.15, 0.2) is 0 Å². The van der Waals surface area contributed by atoms with E-state index in [1.165, 1.54) is 0 Å². The predicted octanol–water partition coefficient (Wildman–Crippen LogP) is 0.645. The average molecular weight is 242 g/mol. The molecule has 17 heavy (non-hydrogen) atoms. The fraction of sp³-hybridized carbons (Fsp3) is 0.750. The maximum Gasteiger partial charge on any atom is 0.425 e. The molecule has 98 valence electrons. The van der Waals surface area contributed by atoms with Gasteiger partial charge in [-0.05, 0) is 40.7 Å². The number of quaternary nitrogens is 1. The summed E-state index contributed by atoms with van der Waals surface area (Å²) in [5.74, 6) is 0. The summed E-state index contributed by atoms with van der Waals surface area (Å²) in [5.41, 5.74) is 6.64. The summed E-state index contributed by atoms with van der Waals surface area (Å²) in [7, 11) is 0. The molecular weight excluding hydrogens is 218 g/mol. The van der Waals surface area contributed by atoms with Crippen molar-refractivity contribution in [1.29, 1.82) is 0 Å². The maximum absolute atomic E-state index is 11.2. The first-order chi connectivity index (χ1) is 7.74. The van der Waals surface area contributed by atoms with Crippen molar-refractivity contribution in [2.24, 2.45) is 0 Å². The van der Waals surface area contributed by atoms with E-state index >= 15 is 0 Å². The van der Waals surface area contributed by atoms with E-state index in [1.807, 2.05) is 0 Å². The number of nitrogens with one attached hydrogen (secondary N) is 2. The van der Waals surface area contributed by atoms with Gasteiger partial charge in [-0.25, -0.2) is 10.2 Å². The van der Waals surface area contributed by atoms with Crippen molar-refractivity contribution < 1.29 is 14.8 Å². The van der Waals surface area contributed by atoms with Gasteiger partial charge in [-0.3, -0.25) is 5.43 Å². The Morgan fingerprint density at radius 1 is 1.47 bits per heavy atom. The number of hydrazine groups is 1. The van der Waals surface area contributed by atoms with E-state index in [2.05, 4.69) is 49.9 Å². The van der Waals surface area contributed by atoms with Crippen molar-refractivity contribution in [1.82, 2.24) is 10.9 Å². The third-order valence-corrected chi connectivity index (χ3v) is 2.56. The van der Waals surface area contributed by atoms with Crippen LogP contribution in [0.4, 0.5) is 4.79 Å². The van der Waals surface area contributed by atoms with Crippen molar-refractivity contribution in [2.75, 3.05) is 6.61 Å². The number of nitrogens with two attached hydrogens (primary N) is 1. The van der Waals surface area contributed by atoms with E-state index in [4.69, 9.17) is 4.74 Å². The molecule has 0 atom stereocenters. The zero-order valence-electron chi connectivity index (χ0n) is 11.4. The summed E-state index contributed by atoms with van der Waals surface area (Å²) in [6.45, 7) is 10.8. The quantitative estimate of drug-likeness (QED) is 0.636. The zero-order chi connectivity index (χ0) is 13.1. The van der Waals surface area contributed by atoms with Gasteiger partial charge in [0.2, 0.25) is 0 Å². The Bertz CT molecular complexity index is 322. The molecule has 0 bridgehead atoms. The molecular formula is C12H24N3O2+. The number of ether oxygens (including phenoxy) is 1. The lowest BCUT2D eigenvalue weighted by Gasteiger charge is -2.37. The van der Waals surface area contributed by atoms with Crippen LogP contribution in [-0.2, 0) is 4.74 Å². The molecule has 0 aromatic rings. The monoisotopic (exact) mass is 242 g/mol. The lowest BCUT2D eigenvalue weighted by Crippen LogP contribution is -3.04. The molecule has 4 N–H and O–H groups in total. The third kappa shape index (κ3) is 4.65. The first-order valence-corrected chi connectivity index (χ1v) is 6.02. The molecule has 0 aromatic heterocycles. The Kier molecular flexibility index (Phi) is 4.03. The fourth-order valence-electron chi connectivity index (χ4n) is 2.47. The minimum Gasteiger partial charge on any atom is -0.449 e. The minimum atomic E-state index is -0.446. The second kappa shape index (κ2) is 4.96. The first kappa shape index (κ1) is 13.8. The Labute approximate surface area is 103 Å². The van der Waals surface area contributed by atoms with Crippen molar-refractivity contribution in [3.8, 4) is 0 Å². The van der Waals surface area contributed by atoms with E-state index in [-0.39, 0.29) is 11.1 Å². The van der Waals surface area contributed by atoms with Gasteiger partial charge in [0, 0.05) is 12.1 Å². The van der Waals surface area contributed by atoms with Crippen LogP contribution >= 0.6 is 0 Å². The van der Waals surface area contributed by atoms with Gasteiger partial charge in [-0.15, -0.1) is 0 Å². The summed E-state index contributed by atoms with van der Waals surface area (Å²) in [4.78, 5) is 11.2. The Morgan fingerprint density at radius 2 is 2.12 bits per heavy atom. The number of hydrogen-bond donors (Lipinski definition) is 3. The van der Waals surface area contributed by atoms with Crippen LogP contribution in [0.5, 0.6) is 0 Å². The molecule has 5 heteroatoms. The van der Waals surface area contributed by atoms with Crippen molar-refractivity contribution in [3.63, 3.8) is 0 Å². The van der Waals surface area contributed by atoms with Crippen LogP contribution in [-0.4, -0.2) is 23.8 Å². The van der Waals surface area contributed by atoms with Crippen molar-refractivity contribution in [2.45, 2.75) is 52.1 Å². The highest BCUT2D eigenvalue weighted by Gasteiger charge is 2.36. The fourth-order valence-corrected chi connectivity index (χ4v) is 2.47. The highest BCUT2D eigenvalue weighted by molar-refractivity contribution is 5.66. The molecule has 5 nitrogen and oxygen atoms in total. The molecule has 0 aromatic carbocycles. The van der Waals surface area contributed by atoms with Crippen LogP contribution < -0.4 is 16.2 Å². The molecule has 1 aliphatic rings. The van der Waals surface area contributed by atoms with Gasteiger partial charge in [0.25, 0.3) is 0 Å². The molecule has 0 spiro atoms. The van der Waals surface area contributed by atoms with Gasteiger partial charge in [0.05, 0.1) is 12.1 Å². The lowest BCUT2D eigenvalue weighted by atomic mass is 9.87. The van der Waals surface area contributed by atoms with Crippen LogP contribution in [0.15, 0.2) is 11.8 Å². The summed E-state index contributed by atoms with van der Waals surface area (Å²) in [5, 5.41) is 2.33. The second-order valence-corrected chi connectivity index (χ2v) is 5.77. The first-order valence-electron chi connectivity index (χ1n) is 6.02. The molecule has 1 amide bonds. The zero-order valence-corrected chi connectivity index (χ0v) is 11.4. The standard InChI is InChI=1S/C12H23N3O2/c1-6-17-10(16)14-13-9-7-11(2,3)15-12(4,5)8-9/h7,13,15H,6,8H2,1-5H3,(H,14,16)/p+1. The van der Waals surface area contributed by atoms with Crippen LogP contribution in [0.3, 0.4) is 0 Å². The minimum absolute atomic E-state index is 0.0282. The largest absolute Gasteiger partial charge is 0.449 e. The molecule has 1 rings (SSSR count). The van der Waals surface area contributed by atoms with E-state index in [9.17, 15) is 4.79 Å². The van der Waals surface area contributed by atoms with Crippen molar-refractivity contribution in [3.05, 3.63) is 11.8 Å². The van der Waals surface area contributed by atoms with Crippen LogP contribution in [0, 0.1) is 0 Å². The number of carbonyl (C=O) groups excluding carboxylic acids is 1. The van der Waals surface area contributed by atoms with Gasteiger partial charge < -0.3 is 10.1 Å². The molecule has 0 aliphatic carbocycles. The maximum atomic E-state index is 11.2. The van der Waals surface area contributed by atoms with Crippen LogP contribution in [0.25, 0.3) is 0 Å². The molecule has 1 aliphatic heterocycles. The van der Waals surface area contributed by atoms with Gasteiger partial charge in [-0.1, -0.05) is 0 Å². The van der Waals surface area contributed by atoms with E-state index in [1.54, 1.807) is 6.92 Å². The van der Waals surface area contributed by atoms with Gasteiger partial charge >= 0.3 is 6.09 Å². The van der Waals surface area contributed by atoms with Gasteiger partial charge in [-0.2, -0.15) is 0 Å². The molecule has 0 fully saturated rings. The highest BCUT2D eigenvalue weighted by atomic mass is 16.5. The molecule has 0 radical (unpaired) electrons. The Hall–Kier alpha value is -1.23. The van der Waals surface area contributed by atoms with E-state index in [0.29, 0.717) is 6.61 Å². The normalized spacial score (nSPS) is 21.4. The highest BCUT2D eigenvalue weighted by Crippen LogP contribution is 2.18. The Morgan fingerprint density at radius 3 is 2.65 bits per heavy atom. The number of hydrogen-bond acceptors (Lipinski definition) is 3.